The van der Waals surface area contributed by atoms with Crippen molar-refractivity contribution in [2.24, 2.45) is 0 Å². The van der Waals surface area contributed by atoms with E-state index in [1.165, 1.54) is 0 Å². The largest absolute Gasteiger partial charge is 0.394 e. The molecule has 0 fully saturated rings. The maximum atomic E-state index is 8.06. The Morgan fingerprint density at radius 1 is 1.33 bits per heavy atom. The molecule has 6 heavy (non-hydrogen) atoms. The quantitative estimate of drug-likeness (QED) is 0.464. The molecular weight excluding hydrogens is 114 g/mol. The molecule has 0 saturated carbocycles. The fourth-order valence-corrected chi connectivity index (χ4v) is 0. The van der Waals surface area contributed by atoms with Gasteiger partial charge in [-0.1, -0.05) is 0 Å². The van der Waals surface area contributed by atoms with Crippen LogP contribution in [0, 0.1) is 0 Å². The molecule has 3 heteroatoms. The summed E-state index contributed by atoms with van der Waals surface area (Å²) in [4.78, 5) is 0. The maximum absolute atomic E-state index is 8.06. The summed E-state index contributed by atoms with van der Waals surface area (Å²) >= 11 is 0. The van der Waals surface area contributed by atoms with Crippen LogP contribution in [0.2, 0.25) is 0 Å². The first-order chi connectivity index (χ1) is 1.73. The van der Waals surface area contributed by atoms with Crippen molar-refractivity contribution in [3.8, 4) is 0 Å². The smallest absolute Gasteiger partial charge is 0.0483 e. The minimum absolute atomic E-state index is 0. The van der Waals surface area contributed by atoms with Crippen molar-refractivity contribution < 1.29 is 26.8 Å². The average Bonchev–Trinajstić information content (AvgIpc) is 0.811. The summed E-state index contributed by atoms with van der Waals surface area (Å²) in [6.45, 7) is 3.44. The first-order valence-electron chi connectivity index (χ1n) is 1.41. The van der Waals surface area contributed by atoms with E-state index < -0.39 is 0 Å². The van der Waals surface area contributed by atoms with Gasteiger partial charge in [-0.25, -0.2) is 0 Å². The van der Waals surface area contributed by atoms with Gasteiger partial charge in [0.05, 0.1) is 0 Å². The third-order valence-corrected chi connectivity index (χ3v) is 0. The van der Waals surface area contributed by atoms with E-state index in [0.717, 1.165) is 0 Å². The molecule has 0 aliphatic rings. The van der Waals surface area contributed by atoms with E-state index in [-0.39, 0.29) is 34.0 Å². The number of hydrogen-bond donors (Lipinski definition) is 2. The molecule has 0 saturated heterocycles. The van der Waals surface area contributed by atoms with Gasteiger partial charge in [0.15, 0.2) is 0 Å². The van der Waals surface area contributed by atoms with Gasteiger partial charge in [0, 0.05) is 27.8 Å². The van der Waals surface area contributed by atoms with Crippen LogP contribution >= 0.6 is 0 Å². The minimum atomic E-state index is -0.167. The van der Waals surface area contributed by atoms with Crippen molar-refractivity contribution in [2.75, 3.05) is 0 Å². The van der Waals surface area contributed by atoms with Gasteiger partial charge in [-0.15, -0.1) is 0 Å². The molecule has 0 bridgehead atoms. The Kier molecular flexibility index (Phi) is 24.3. The molecule has 0 unspecified atom stereocenters. The molecular formula is C3H11NOTi. The second kappa shape index (κ2) is 9.16. The molecule has 0 amide bonds. The number of aliphatic hydroxyl groups excluding tert-OH is 1. The van der Waals surface area contributed by atoms with Crippen LogP contribution in [0.15, 0.2) is 0 Å². The predicted molar refractivity (Wildman–Crippen MR) is 22.4 cm³/mol. The van der Waals surface area contributed by atoms with Gasteiger partial charge in [0.2, 0.25) is 0 Å². The van der Waals surface area contributed by atoms with E-state index in [9.17, 15) is 0 Å². The van der Waals surface area contributed by atoms with Gasteiger partial charge < -0.3 is 11.3 Å². The zero-order valence-electron chi connectivity index (χ0n) is 4.23. The van der Waals surface area contributed by atoms with Crippen LogP contribution in [0.5, 0.6) is 0 Å². The van der Waals surface area contributed by atoms with E-state index in [2.05, 4.69) is 0 Å². The van der Waals surface area contributed by atoms with E-state index in [1.54, 1.807) is 13.8 Å². The van der Waals surface area contributed by atoms with Gasteiger partial charge in [-0.2, -0.15) is 0 Å². The van der Waals surface area contributed by atoms with E-state index in [0.29, 0.717) is 0 Å². The van der Waals surface area contributed by atoms with Crippen molar-refractivity contribution in [3.05, 3.63) is 0 Å². The molecule has 0 aliphatic carbocycles. The summed E-state index contributed by atoms with van der Waals surface area (Å²) in [6.07, 6.45) is -0.167. The topological polar surface area (TPSA) is 55.2 Å². The van der Waals surface area contributed by atoms with Crippen molar-refractivity contribution >= 4 is 0 Å². The Labute approximate surface area is 53.4 Å². The van der Waals surface area contributed by atoms with Gasteiger partial charge in [-0.3, -0.25) is 0 Å². The molecule has 0 heterocycles. The van der Waals surface area contributed by atoms with Crippen molar-refractivity contribution in [3.63, 3.8) is 0 Å². The second-order valence-electron chi connectivity index (χ2n) is 1.09. The summed E-state index contributed by atoms with van der Waals surface area (Å²) < 4.78 is 0. The third kappa shape index (κ3) is 152. The molecule has 0 rings (SSSR count). The second-order valence-corrected chi connectivity index (χ2v) is 1.09. The van der Waals surface area contributed by atoms with Crippen LogP contribution in [0.25, 0.3) is 0 Å². The van der Waals surface area contributed by atoms with Crippen LogP contribution in [-0.4, -0.2) is 11.2 Å². The summed E-state index contributed by atoms with van der Waals surface area (Å²) in [5.41, 5.74) is 0. The normalized spacial score (nSPS) is 6.00. The fraction of sp³-hybridized carbons (Fsp3) is 1.00. The third-order valence-electron chi connectivity index (χ3n) is 0. The predicted octanol–water partition coefficient (Wildman–Crippen LogP) is 0.547. The number of hydrogen-bond acceptors (Lipinski definition) is 2. The van der Waals surface area contributed by atoms with Crippen molar-refractivity contribution in [1.29, 1.82) is 0 Å². The van der Waals surface area contributed by atoms with Gasteiger partial charge in [0.1, 0.15) is 0 Å². The SMILES string of the molecule is CC(C)O.N.[Ti]. The minimum Gasteiger partial charge on any atom is -0.394 e. The Bertz CT molecular complexity index is 15.5. The molecule has 0 aromatic carbocycles. The fourth-order valence-electron chi connectivity index (χ4n) is 0. The summed E-state index contributed by atoms with van der Waals surface area (Å²) in [5, 5.41) is 8.06. The number of aliphatic hydroxyl groups is 1. The average molecular weight is 125 g/mol. The standard InChI is InChI=1S/C3H8O.H3N.Ti/c1-3(2)4;;/h3-4H,1-2H3;1H3;. The number of rotatable bonds is 0. The Hall–Kier alpha value is 0.634. The zero-order valence-corrected chi connectivity index (χ0v) is 5.79. The van der Waals surface area contributed by atoms with Crippen LogP contribution < -0.4 is 6.15 Å². The molecule has 2 nitrogen and oxygen atoms in total. The van der Waals surface area contributed by atoms with Gasteiger partial charge >= 0.3 is 0 Å². The first-order valence-corrected chi connectivity index (χ1v) is 1.41. The Balaban J connectivity index is -0.0000000450. The van der Waals surface area contributed by atoms with Crippen LogP contribution in [0.4, 0.5) is 0 Å². The van der Waals surface area contributed by atoms with E-state index >= 15 is 0 Å². The molecule has 0 aliphatic heterocycles. The maximum Gasteiger partial charge on any atom is 0.0483 e. The van der Waals surface area contributed by atoms with Crippen LogP contribution in [-0.2, 0) is 21.7 Å². The molecule has 0 atom stereocenters. The van der Waals surface area contributed by atoms with Crippen molar-refractivity contribution in [1.82, 2.24) is 6.15 Å². The molecule has 0 radical (unpaired) electrons. The van der Waals surface area contributed by atoms with Crippen LogP contribution in [0.1, 0.15) is 13.8 Å². The summed E-state index contributed by atoms with van der Waals surface area (Å²) in [7, 11) is 0. The zero-order chi connectivity index (χ0) is 3.58. The molecule has 0 aromatic heterocycles. The van der Waals surface area contributed by atoms with Gasteiger partial charge in [-0.05, 0) is 13.8 Å². The molecule has 4 N–H and O–H groups in total. The van der Waals surface area contributed by atoms with E-state index in [1.807, 2.05) is 0 Å². The Morgan fingerprint density at radius 2 is 1.33 bits per heavy atom. The monoisotopic (exact) mass is 125 g/mol. The summed E-state index contributed by atoms with van der Waals surface area (Å²) in [6, 6.07) is 0. The van der Waals surface area contributed by atoms with Crippen LogP contribution in [0.3, 0.4) is 0 Å². The van der Waals surface area contributed by atoms with Gasteiger partial charge in [0.25, 0.3) is 0 Å². The van der Waals surface area contributed by atoms with Crippen molar-refractivity contribution in [2.45, 2.75) is 20.0 Å². The molecule has 38 valence electrons. The molecule has 0 aromatic rings. The summed E-state index contributed by atoms with van der Waals surface area (Å²) in [5.74, 6) is 0. The Morgan fingerprint density at radius 3 is 1.33 bits per heavy atom. The first kappa shape index (κ1) is 15.9. The van der Waals surface area contributed by atoms with E-state index in [4.69, 9.17) is 5.11 Å². The molecule has 0 spiro atoms.